The zero-order valence-corrected chi connectivity index (χ0v) is 12.5. The van der Waals surface area contributed by atoms with E-state index in [9.17, 15) is 4.79 Å². The molecule has 1 amide bonds. The Balaban J connectivity index is 1.97. The van der Waals surface area contributed by atoms with E-state index in [1.807, 2.05) is 12.1 Å². The number of hydrogen-bond donors (Lipinski definition) is 1. The lowest BCUT2D eigenvalue weighted by molar-refractivity contribution is 0.0955. The largest absolute Gasteiger partial charge is 0.271 e. The topological polar surface area (TPSA) is 54.4 Å². The van der Waals surface area contributed by atoms with Gasteiger partial charge in [0.05, 0.1) is 6.21 Å². The number of rotatable bonds is 3. The van der Waals surface area contributed by atoms with Gasteiger partial charge in [-0.2, -0.15) is 5.10 Å². The number of pyridine rings is 1. The van der Waals surface area contributed by atoms with E-state index in [1.54, 1.807) is 30.7 Å². The van der Waals surface area contributed by atoms with Gasteiger partial charge in [-0.15, -0.1) is 0 Å². The maximum Gasteiger partial charge on any atom is 0.271 e. The third kappa shape index (κ3) is 4.24. The summed E-state index contributed by atoms with van der Waals surface area (Å²) in [5, 5.41) is 3.96. The van der Waals surface area contributed by atoms with E-state index in [1.165, 1.54) is 5.56 Å². The molecular weight excluding hydrogens is 262 g/mol. The summed E-state index contributed by atoms with van der Waals surface area (Å²) >= 11 is 0. The number of hydrazone groups is 1. The molecule has 108 valence electrons. The van der Waals surface area contributed by atoms with E-state index in [2.05, 4.69) is 48.4 Å². The Morgan fingerprint density at radius 1 is 1.10 bits per heavy atom. The molecule has 0 saturated heterocycles. The van der Waals surface area contributed by atoms with E-state index in [0.717, 1.165) is 5.56 Å². The second kappa shape index (κ2) is 6.31. The fourth-order valence-electron chi connectivity index (χ4n) is 1.80. The molecule has 2 aromatic rings. The predicted octanol–water partition coefficient (Wildman–Crippen LogP) is 3.14. The van der Waals surface area contributed by atoms with Crippen molar-refractivity contribution >= 4 is 12.1 Å². The number of benzene rings is 1. The van der Waals surface area contributed by atoms with Crippen LogP contribution < -0.4 is 5.43 Å². The lowest BCUT2D eigenvalue weighted by Crippen LogP contribution is -2.17. The van der Waals surface area contributed by atoms with Crippen molar-refractivity contribution in [3.05, 3.63) is 65.5 Å². The number of nitrogens with zero attached hydrogens (tertiary/aromatic N) is 2. The van der Waals surface area contributed by atoms with E-state index in [4.69, 9.17) is 0 Å². The number of carbonyl (C=O) groups excluding carboxylic acids is 1. The minimum absolute atomic E-state index is 0.130. The monoisotopic (exact) mass is 281 g/mol. The van der Waals surface area contributed by atoms with Crippen LogP contribution in [0.5, 0.6) is 0 Å². The van der Waals surface area contributed by atoms with E-state index < -0.39 is 0 Å². The molecule has 21 heavy (non-hydrogen) atoms. The average molecular weight is 281 g/mol. The molecule has 0 radical (unpaired) electrons. The second-order valence-corrected chi connectivity index (χ2v) is 5.81. The molecule has 0 aliphatic carbocycles. The summed E-state index contributed by atoms with van der Waals surface area (Å²) in [6, 6.07) is 11.4. The zero-order chi connectivity index (χ0) is 15.3. The van der Waals surface area contributed by atoms with Crippen LogP contribution in [0.2, 0.25) is 0 Å². The van der Waals surface area contributed by atoms with Crippen molar-refractivity contribution in [2.24, 2.45) is 5.10 Å². The van der Waals surface area contributed by atoms with Gasteiger partial charge in [-0.25, -0.2) is 5.43 Å². The fraction of sp³-hybridized carbons (Fsp3) is 0.235. The summed E-state index contributed by atoms with van der Waals surface area (Å²) in [7, 11) is 0. The van der Waals surface area contributed by atoms with Crippen molar-refractivity contribution in [1.29, 1.82) is 0 Å². The first kappa shape index (κ1) is 14.9. The second-order valence-electron chi connectivity index (χ2n) is 5.81. The average Bonchev–Trinajstić information content (AvgIpc) is 2.47. The molecule has 0 atom stereocenters. The number of carbonyl (C=O) groups is 1. The minimum Gasteiger partial charge on any atom is -0.267 e. The highest BCUT2D eigenvalue weighted by atomic mass is 16.2. The van der Waals surface area contributed by atoms with Gasteiger partial charge in [0.2, 0.25) is 0 Å². The van der Waals surface area contributed by atoms with Crippen LogP contribution in [-0.4, -0.2) is 17.1 Å². The summed E-state index contributed by atoms with van der Waals surface area (Å²) < 4.78 is 0. The normalized spacial score (nSPS) is 11.6. The van der Waals surface area contributed by atoms with Crippen LogP contribution in [0.3, 0.4) is 0 Å². The quantitative estimate of drug-likeness (QED) is 0.694. The summed E-state index contributed by atoms with van der Waals surface area (Å²) in [6.45, 7) is 6.51. The van der Waals surface area contributed by atoms with Gasteiger partial charge in [-0.05, 0) is 28.7 Å². The molecule has 2 rings (SSSR count). The van der Waals surface area contributed by atoms with Crippen LogP contribution in [0.1, 0.15) is 42.3 Å². The van der Waals surface area contributed by atoms with Gasteiger partial charge in [-0.3, -0.25) is 9.78 Å². The van der Waals surface area contributed by atoms with Crippen molar-refractivity contribution in [3.63, 3.8) is 0 Å². The molecule has 1 N–H and O–H groups in total. The lowest BCUT2D eigenvalue weighted by Gasteiger charge is -2.18. The SMILES string of the molecule is CC(C)(C)c1ccc(/C=N/NC(=O)c2ccncc2)cc1. The minimum atomic E-state index is -0.250. The molecule has 0 spiro atoms. The van der Waals surface area contributed by atoms with E-state index >= 15 is 0 Å². The van der Waals surface area contributed by atoms with Gasteiger partial charge in [-0.1, -0.05) is 45.0 Å². The first-order chi connectivity index (χ1) is 9.97. The summed E-state index contributed by atoms with van der Waals surface area (Å²) in [4.78, 5) is 15.6. The summed E-state index contributed by atoms with van der Waals surface area (Å²) in [5.41, 5.74) is 5.36. The third-order valence-corrected chi connectivity index (χ3v) is 3.10. The number of amides is 1. The lowest BCUT2D eigenvalue weighted by atomic mass is 9.87. The Labute approximate surface area is 124 Å². The Bertz CT molecular complexity index is 625. The smallest absolute Gasteiger partial charge is 0.267 e. The van der Waals surface area contributed by atoms with Gasteiger partial charge in [0.1, 0.15) is 0 Å². The Kier molecular flexibility index (Phi) is 4.48. The third-order valence-electron chi connectivity index (χ3n) is 3.10. The van der Waals surface area contributed by atoms with Crippen molar-refractivity contribution < 1.29 is 4.79 Å². The van der Waals surface area contributed by atoms with E-state index in [-0.39, 0.29) is 11.3 Å². The molecule has 1 heterocycles. The van der Waals surface area contributed by atoms with Crippen molar-refractivity contribution in [2.75, 3.05) is 0 Å². The predicted molar refractivity (Wildman–Crippen MR) is 84.4 cm³/mol. The number of nitrogens with one attached hydrogen (secondary N) is 1. The Morgan fingerprint density at radius 3 is 2.29 bits per heavy atom. The molecule has 4 nitrogen and oxygen atoms in total. The molecule has 1 aromatic carbocycles. The maximum atomic E-state index is 11.8. The standard InChI is InChI=1S/C17H19N3O/c1-17(2,3)15-6-4-13(5-7-15)12-19-20-16(21)14-8-10-18-11-9-14/h4-12H,1-3H3,(H,20,21)/b19-12+. The highest BCUT2D eigenvalue weighted by Gasteiger charge is 2.12. The molecule has 4 heteroatoms. The van der Waals surface area contributed by atoms with Crippen molar-refractivity contribution in [3.8, 4) is 0 Å². The van der Waals surface area contributed by atoms with Gasteiger partial charge in [0.15, 0.2) is 0 Å². The van der Waals surface area contributed by atoms with Gasteiger partial charge in [0.25, 0.3) is 5.91 Å². The van der Waals surface area contributed by atoms with Crippen LogP contribution in [-0.2, 0) is 5.41 Å². The maximum absolute atomic E-state index is 11.8. The van der Waals surface area contributed by atoms with E-state index in [0.29, 0.717) is 5.56 Å². The highest BCUT2D eigenvalue weighted by molar-refractivity contribution is 5.94. The van der Waals surface area contributed by atoms with Crippen LogP contribution >= 0.6 is 0 Å². The number of hydrogen-bond acceptors (Lipinski definition) is 3. The summed E-state index contributed by atoms with van der Waals surface area (Å²) in [5.74, 6) is -0.250. The van der Waals surface area contributed by atoms with Crippen LogP contribution in [0.15, 0.2) is 53.9 Å². The zero-order valence-electron chi connectivity index (χ0n) is 12.5. The first-order valence-electron chi connectivity index (χ1n) is 6.81. The highest BCUT2D eigenvalue weighted by Crippen LogP contribution is 2.21. The molecule has 0 bridgehead atoms. The number of aromatic nitrogens is 1. The molecule has 0 fully saturated rings. The van der Waals surface area contributed by atoms with Crippen LogP contribution in [0, 0.1) is 0 Å². The first-order valence-corrected chi connectivity index (χ1v) is 6.81. The van der Waals surface area contributed by atoms with Crippen molar-refractivity contribution in [1.82, 2.24) is 10.4 Å². The Hall–Kier alpha value is -2.49. The molecule has 1 aromatic heterocycles. The van der Waals surface area contributed by atoms with Gasteiger partial charge < -0.3 is 0 Å². The van der Waals surface area contributed by atoms with Crippen LogP contribution in [0.4, 0.5) is 0 Å². The molecule has 0 aliphatic rings. The molecular formula is C17H19N3O. The molecule has 0 unspecified atom stereocenters. The van der Waals surface area contributed by atoms with Gasteiger partial charge in [0, 0.05) is 18.0 Å². The molecule has 0 aliphatic heterocycles. The Morgan fingerprint density at radius 2 is 1.71 bits per heavy atom. The summed E-state index contributed by atoms with van der Waals surface area (Å²) in [6.07, 6.45) is 4.78. The fourth-order valence-corrected chi connectivity index (χ4v) is 1.80. The molecule has 0 saturated carbocycles. The van der Waals surface area contributed by atoms with Crippen molar-refractivity contribution in [2.45, 2.75) is 26.2 Å². The van der Waals surface area contributed by atoms with Gasteiger partial charge >= 0.3 is 0 Å². The van der Waals surface area contributed by atoms with Crippen LogP contribution in [0.25, 0.3) is 0 Å².